The summed E-state index contributed by atoms with van der Waals surface area (Å²) < 4.78 is 28.4. The zero-order valence-corrected chi connectivity index (χ0v) is 27.1. The Morgan fingerprint density at radius 1 is 0.585 bits per heavy atom. The number of hydrogen-bond donors (Lipinski definition) is 0. The predicted octanol–water partition coefficient (Wildman–Crippen LogP) is 5.12. The van der Waals surface area contributed by atoms with Gasteiger partial charge in [0.05, 0.1) is 62.3 Å². The molecule has 0 aromatic rings. The largest absolute Gasteiger partial charge is 0.469 e. The molecule has 0 spiro atoms. The Hall–Kier alpha value is -2.00. The maximum atomic E-state index is 13.1. The highest BCUT2D eigenvalue weighted by Gasteiger charge is 2.61. The van der Waals surface area contributed by atoms with Gasteiger partial charge in [-0.15, -0.1) is 0 Å². The fraction of sp³-hybridized carbons (Fsp3) is 0.875. The Bertz CT molecular complexity index is 1020. The van der Waals surface area contributed by atoms with Gasteiger partial charge < -0.3 is 23.7 Å². The van der Waals surface area contributed by atoms with Crippen molar-refractivity contribution >= 4 is 23.9 Å². The van der Waals surface area contributed by atoms with E-state index in [4.69, 9.17) is 23.7 Å². The first-order valence-electron chi connectivity index (χ1n) is 14.8. The number of rotatable bonds is 9. The molecule has 3 rings (SSSR count). The minimum absolute atomic E-state index is 0.0900. The molecule has 3 aliphatic rings. The van der Waals surface area contributed by atoms with E-state index in [0.29, 0.717) is 25.7 Å². The van der Waals surface area contributed by atoms with E-state index < -0.39 is 76.7 Å². The van der Waals surface area contributed by atoms with Gasteiger partial charge in [-0.25, -0.2) is 0 Å². The van der Waals surface area contributed by atoms with Crippen molar-refractivity contribution in [3.63, 3.8) is 0 Å². The van der Waals surface area contributed by atoms with Gasteiger partial charge in [0.25, 0.3) is 0 Å². The summed E-state index contributed by atoms with van der Waals surface area (Å²) >= 11 is 0. The monoisotopic (exact) mass is 580 g/mol. The first-order chi connectivity index (χ1) is 18.6. The number of cyclic esters (lactones) is 2. The lowest BCUT2D eigenvalue weighted by Crippen LogP contribution is -2.43. The van der Waals surface area contributed by atoms with Gasteiger partial charge in [0, 0.05) is 0 Å². The fourth-order valence-electron chi connectivity index (χ4n) is 6.88. The third-order valence-electron chi connectivity index (χ3n) is 9.65. The van der Waals surface area contributed by atoms with Crippen molar-refractivity contribution in [2.45, 2.75) is 119 Å². The minimum atomic E-state index is -0.805. The van der Waals surface area contributed by atoms with E-state index in [1.165, 1.54) is 14.2 Å². The molecule has 0 aromatic carbocycles. The van der Waals surface area contributed by atoms with Crippen LogP contribution in [0.15, 0.2) is 0 Å². The van der Waals surface area contributed by atoms with Crippen molar-refractivity contribution in [1.82, 2.24) is 0 Å². The molecule has 8 unspecified atom stereocenters. The smallest absolute Gasteiger partial charge is 0.320 e. The summed E-state index contributed by atoms with van der Waals surface area (Å²) in [6.45, 7) is 20.9. The van der Waals surface area contributed by atoms with Crippen molar-refractivity contribution in [3.8, 4) is 0 Å². The maximum absolute atomic E-state index is 13.1. The molecule has 0 amide bonds. The van der Waals surface area contributed by atoms with Crippen LogP contribution in [0.4, 0.5) is 0 Å². The van der Waals surface area contributed by atoms with Gasteiger partial charge >= 0.3 is 23.9 Å². The van der Waals surface area contributed by atoms with Crippen LogP contribution < -0.4 is 0 Å². The van der Waals surface area contributed by atoms with E-state index in [1.54, 1.807) is 0 Å². The van der Waals surface area contributed by atoms with Crippen LogP contribution in [-0.2, 0) is 42.9 Å². The van der Waals surface area contributed by atoms with Crippen LogP contribution in [0.3, 0.4) is 0 Å². The summed E-state index contributed by atoms with van der Waals surface area (Å²) in [6, 6.07) is 0. The number of ether oxygens (including phenoxy) is 5. The maximum Gasteiger partial charge on any atom is 0.320 e. The first-order valence-corrected chi connectivity index (χ1v) is 14.8. The molecule has 0 bridgehead atoms. The highest BCUT2D eigenvalue weighted by Crippen LogP contribution is 2.53. The van der Waals surface area contributed by atoms with E-state index in [1.807, 2.05) is 0 Å². The van der Waals surface area contributed by atoms with Gasteiger partial charge in [0.15, 0.2) is 0 Å². The Morgan fingerprint density at radius 3 is 1.29 bits per heavy atom. The lowest BCUT2D eigenvalue weighted by Gasteiger charge is -2.45. The van der Waals surface area contributed by atoms with Crippen molar-refractivity contribution < 1.29 is 42.9 Å². The molecule has 0 radical (unpaired) electrons. The molecule has 8 atom stereocenters. The van der Waals surface area contributed by atoms with Gasteiger partial charge in [-0.1, -0.05) is 69.2 Å². The van der Waals surface area contributed by atoms with E-state index in [-0.39, 0.29) is 16.9 Å². The Balaban J connectivity index is 1.87. The quantitative estimate of drug-likeness (QED) is 0.208. The molecule has 9 heteroatoms. The van der Waals surface area contributed by atoms with Crippen LogP contribution in [0.25, 0.3) is 0 Å². The number of carbonyl (C=O) groups is 4. The summed E-state index contributed by atoms with van der Waals surface area (Å²) in [5.41, 5.74) is -1.09. The summed E-state index contributed by atoms with van der Waals surface area (Å²) in [6.07, 6.45) is 0.253. The number of carbonyl (C=O) groups excluding carboxylic acids is 4. The molecule has 0 saturated carbocycles. The SMILES string of the molecule is COC(=O)C1C(CC(C)(C)C)OC(CC(C)(C)C(C)(C)CC2OC(CC(C)(C)C)C3C(=O)OC(=O)C23)C1C(=O)OC. The third-order valence-corrected chi connectivity index (χ3v) is 9.65. The highest BCUT2D eigenvalue weighted by molar-refractivity contribution is 5.97. The van der Waals surface area contributed by atoms with Crippen LogP contribution >= 0.6 is 0 Å². The third kappa shape index (κ3) is 7.15. The summed E-state index contributed by atoms with van der Waals surface area (Å²) in [5, 5.41) is 0. The molecule has 3 fully saturated rings. The molecule has 3 aliphatic heterocycles. The van der Waals surface area contributed by atoms with Crippen molar-refractivity contribution in [2.24, 2.45) is 45.3 Å². The molecule has 0 aromatic heterocycles. The summed E-state index contributed by atoms with van der Waals surface area (Å²) in [4.78, 5) is 51.5. The average molecular weight is 581 g/mol. The number of hydrogen-bond acceptors (Lipinski definition) is 9. The summed E-state index contributed by atoms with van der Waals surface area (Å²) in [5.74, 6) is -4.77. The molecular weight excluding hydrogens is 528 g/mol. The van der Waals surface area contributed by atoms with E-state index in [2.05, 4.69) is 69.2 Å². The van der Waals surface area contributed by atoms with E-state index in [0.717, 1.165) is 0 Å². The normalized spacial score (nSPS) is 32.6. The van der Waals surface area contributed by atoms with E-state index >= 15 is 0 Å². The molecule has 0 N–H and O–H groups in total. The van der Waals surface area contributed by atoms with Gasteiger partial charge in [0.2, 0.25) is 0 Å². The summed E-state index contributed by atoms with van der Waals surface area (Å²) in [7, 11) is 2.65. The van der Waals surface area contributed by atoms with Crippen molar-refractivity contribution in [1.29, 1.82) is 0 Å². The first kappa shape index (κ1) is 33.5. The topological polar surface area (TPSA) is 114 Å². The zero-order chi connectivity index (χ0) is 31.3. The average Bonchev–Trinajstić information content (AvgIpc) is 3.42. The van der Waals surface area contributed by atoms with Gasteiger partial charge in [-0.2, -0.15) is 0 Å². The van der Waals surface area contributed by atoms with Crippen LogP contribution in [0.5, 0.6) is 0 Å². The van der Waals surface area contributed by atoms with Crippen LogP contribution in [0.2, 0.25) is 0 Å². The Morgan fingerprint density at radius 2 is 0.902 bits per heavy atom. The van der Waals surface area contributed by atoms with E-state index in [9.17, 15) is 19.2 Å². The predicted molar refractivity (Wildman–Crippen MR) is 151 cm³/mol. The van der Waals surface area contributed by atoms with Crippen LogP contribution in [0.1, 0.15) is 94.9 Å². The van der Waals surface area contributed by atoms with Crippen LogP contribution in [-0.4, -0.2) is 62.5 Å². The van der Waals surface area contributed by atoms with Gasteiger partial charge in [-0.3, -0.25) is 19.2 Å². The number of methoxy groups -OCH3 is 2. The van der Waals surface area contributed by atoms with Gasteiger partial charge in [-0.05, 0) is 47.3 Å². The fourth-order valence-corrected chi connectivity index (χ4v) is 6.88. The second kappa shape index (κ2) is 11.6. The van der Waals surface area contributed by atoms with Crippen molar-refractivity contribution in [2.75, 3.05) is 14.2 Å². The second-order valence-electron chi connectivity index (χ2n) is 16.0. The number of fused-ring (bicyclic) bond motifs is 1. The molecular formula is C32H52O9. The second-order valence-corrected chi connectivity index (χ2v) is 16.0. The van der Waals surface area contributed by atoms with Crippen molar-refractivity contribution in [3.05, 3.63) is 0 Å². The minimum Gasteiger partial charge on any atom is -0.469 e. The zero-order valence-electron chi connectivity index (χ0n) is 27.1. The van der Waals surface area contributed by atoms with Crippen LogP contribution in [0, 0.1) is 45.3 Å². The molecule has 3 saturated heterocycles. The Labute approximate surface area is 245 Å². The lowest BCUT2D eigenvalue weighted by molar-refractivity contribution is -0.159. The van der Waals surface area contributed by atoms with Gasteiger partial charge in [0.1, 0.15) is 0 Å². The lowest BCUT2D eigenvalue weighted by atomic mass is 9.61. The highest BCUT2D eigenvalue weighted by atomic mass is 16.6. The standard InChI is InChI=1S/C32H52O9/c1-29(2,3)13-17-21(25(33)37-11)22(26(34)38-12)19(39-17)15-31(7,8)32(9,10)16-20-24-23(27(35)41-28(24)36)18(40-20)14-30(4,5)6/h17-24H,13-16H2,1-12H3. The molecule has 9 nitrogen and oxygen atoms in total. The molecule has 3 heterocycles. The molecule has 0 aliphatic carbocycles. The Kier molecular flexibility index (Phi) is 9.47. The molecule has 234 valence electrons. The number of esters is 4. The molecule has 41 heavy (non-hydrogen) atoms.